The molecule has 0 radical (unpaired) electrons. The Kier molecular flexibility index (Phi) is 12.3. The van der Waals surface area contributed by atoms with E-state index in [0.29, 0.717) is 29.2 Å². The number of amides is 2. The molecule has 4 aromatic rings. The van der Waals surface area contributed by atoms with Gasteiger partial charge in [-0.3, -0.25) is 4.79 Å². The molecular weight excluding hydrogens is 737 g/mol. The lowest BCUT2D eigenvalue weighted by Gasteiger charge is -2.30. The maximum Gasteiger partial charge on any atom is 0.435 e. The summed E-state index contributed by atoms with van der Waals surface area (Å²) in [5.74, 6) is -2.08. The number of carbonyl (C=O) groups excluding carboxylic acids is 2. The van der Waals surface area contributed by atoms with Gasteiger partial charge in [-0.25, -0.2) is 13.9 Å². The van der Waals surface area contributed by atoms with E-state index in [2.05, 4.69) is 26.5 Å². The number of benzene rings is 3. The van der Waals surface area contributed by atoms with Crippen LogP contribution in [0.3, 0.4) is 0 Å². The second-order valence-electron chi connectivity index (χ2n) is 15.5. The number of carbonyl (C=O) groups is 2. The van der Waals surface area contributed by atoms with E-state index in [0.717, 1.165) is 23.1 Å². The molecule has 1 heterocycles. The van der Waals surface area contributed by atoms with Crippen LogP contribution in [-0.2, 0) is 28.8 Å². The van der Waals surface area contributed by atoms with Gasteiger partial charge in [0, 0.05) is 29.9 Å². The van der Waals surface area contributed by atoms with Crippen molar-refractivity contribution in [2.75, 3.05) is 5.32 Å². The van der Waals surface area contributed by atoms with E-state index in [-0.39, 0.29) is 29.9 Å². The highest BCUT2D eigenvalue weighted by atomic mass is 32.2. The molecule has 0 aliphatic heterocycles. The van der Waals surface area contributed by atoms with Gasteiger partial charge in [-0.15, -0.1) is 4.72 Å². The zero-order valence-corrected chi connectivity index (χ0v) is 32.2. The van der Waals surface area contributed by atoms with Gasteiger partial charge in [0.1, 0.15) is 21.9 Å². The highest BCUT2D eigenvalue weighted by Crippen LogP contribution is 2.41. The SMILES string of the molecule is CC(C)(C)OC(=O)NCc1cccc(-n2nc(C(F)(F)F)cc2C(=O)Nc2cc(C(CC(N[S+]([O-])C(C)(C)C)C3CC3)c3cccc(C#N)c3)ccc2F)c1. The van der Waals surface area contributed by atoms with Gasteiger partial charge in [-0.2, -0.15) is 23.5 Å². The number of ether oxygens (including phenoxy) is 1. The van der Waals surface area contributed by atoms with Crippen LogP contribution in [0.15, 0.2) is 72.8 Å². The number of alkyl carbamates (subject to hydrolysis) is 1. The van der Waals surface area contributed by atoms with Crippen molar-refractivity contribution < 1.29 is 36.4 Å². The maximum absolute atomic E-state index is 15.5. The minimum Gasteiger partial charge on any atom is -0.598 e. The average molecular weight is 781 g/mol. The Morgan fingerprint density at radius 3 is 2.33 bits per heavy atom. The first-order chi connectivity index (χ1) is 25.7. The number of nitriles is 1. The van der Waals surface area contributed by atoms with Crippen LogP contribution in [0.4, 0.5) is 28.0 Å². The first kappa shape index (κ1) is 41.3. The summed E-state index contributed by atoms with van der Waals surface area (Å²) in [7, 11) is 0. The van der Waals surface area contributed by atoms with Gasteiger partial charge in [0.15, 0.2) is 5.69 Å². The van der Waals surface area contributed by atoms with Gasteiger partial charge in [0.05, 0.1) is 29.0 Å². The molecule has 15 heteroatoms. The van der Waals surface area contributed by atoms with Gasteiger partial charge in [-0.1, -0.05) is 30.3 Å². The van der Waals surface area contributed by atoms with Gasteiger partial charge in [0.25, 0.3) is 5.91 Å². The molecule has 2 amide bonds. The third-order valence-electron chi connectivity index (χ3n) is 8.78. The highest BCUT2D eigenvalue weighted by molar-refractivity contribution is 7.90. The van der Waals surface area contributed by atoms with Crippen LogP contribution in [0.5, 0.6) is 0 Å². The van der Waals surface area contributed by atoms with E-state index >= 15 is 4.39 Å². The molecule has 1 aliphatic carbocycles. The van der Waals surface area contributed by atoms with Crippen LogP contribution in [0.1, 0.15) is 105 Å². The Labute approximate surface area is 321 Å². The molecule has 1 aliphatic rings. The Hall–Kier alpha value is -4.91. The number of nitrogens with zero attached hydrogens (tertiary/aromatic N) is 3. The topological polar surface area (TPSA) is 144 Å². The van der Waals surface area contributed by atoms with Gasteiger partial charge < -0.3 is 19.9 Å². The fraction of sp³-hybridized carbons (Fsp3) is 0.400. The Morgan fingerprint density at radius 2 is 1.69 bits per heavy atom. The Bertz CT molecular complexity index is 2060. The molecule has 1 fully saturated rings. The molecule has 0 saturated heterocycles. The standard InChI is InChI=1S/C40H44F4N6O4S/c1-38(2,3)54-37(52)46-23-25-10-8-12-29(18-25)50-34(21-35(48-50)40(42,43)44)36(51)47-33-19-28(15-16-31(33)41)30(27-11-7-9-24(17-27)22-45)20-32(26-13-14-26)49-55(53)39(4,5)6/h7-12,15-19,21,26,30,32,49H,13-14,20,23H2,1-6H3,(H,46,52)(H,47,51). The molecule has 10 nitrogen and oxygen atoms in total. The molecule has 5 rings (SSSR count). The number of rotatable bonds is 12. The minimum absolute atomic E-state index is 0.0304. The smallest absolute Gasteiger partial charge is 0.435 e. The van der Waals surface area contributed by atoms with Crippen molar-refractivity contribution in [3.8, 4) is 11.8 Å². The summed E-state index contributed by atoms with van der Waals surface area (Å²) in [6.07, 6.45) is -3.30. The largest absolute Gasteiger partial charge is 0.598 e. The van der Waals surface area contributed by atoms with Crippen molar-refractivity contribution in [3.05, 3.63) is 112 Å². The van der Waals surface area contributed by atoms with Crippen molar-refractivity contribution in [1.82, 2.24) is 19.8 Å². The van der Waals surface area contributed by atoms with E-state index < -0.39 is 63.0 Å². The first-order valence-electron chi connectivity index (χ1n) is 17.7. The molecule has 0 spiro atoms. The fourth-order valence-electron chi connectivity index (χ4n) is 5.90. The summed E-state index contributed by atoms with van der Waals surface area (Å²) in [4.78, 5) is 26.0. The normalized spacial score (nSPS) is 15.1. The zero-order chi connectivity index (χ0) is 40.3. The molecule has 3 atom stereocenters. The van der Waals surface area contributed by atoms with Crippen molar-refractivity contribution in [3.63, 3.8) is 0 Å². The number of anilines is 1. The van der Waals surface area contributed by atoms with Crippen LogP contribution in [0.25, 0.3) is 5.69 Å². The number of hydrogen-bond acceptors (Lipinski definition) is 7. The van der Waals surface area contributed by atoms with Crippen molar-refractivity contribution in [1.29, 1.82) is 5.26 Å². The summed E-state index contributed by atoms with van der Waals surface area (Å²) in [5, 5.41) is 18.4. The molecule has 3 unspecified atom stereocenters. The number of hydrogen-bond donors (Lipinski definition) is 3. The molecule has 3 N–H and O–H groups in total. The summed E-state index contributed by atoms with van der Waals surface area (Å²) < 4.78 is 79.4. The summed E-state index contributed by atoms with van der Waals surface area (Å²) in [6.45, 7) is 10.7. The lowest BCUT2D eigenvalue weighted by atomic mass is 9.84. The van der Waals surface area contributed by atoms with E-state index in [9.17, 15) is 32.6 Å². The van der Waals surface area contributed by atoms with Crippen molar-refractivity contribution in [2.24, 2.45) is 5.92 Å². The van der Waals surface area contributed by atoms with E-state index in [1.54, 1.807) is 51.1 Å². The average Bonchev–Trinajstić information content (AvgIpc) is 3.85. The van der Waals surface area contributed by atoms with Crippen molar-refractivity contribution in [2.45, 2.75) is 95.8 Å². The molecule has 3 aromatic carbocycles. The second-order valence-corrected chi connectivity index (χ2v) is 17.5. The molecule has 55 heavy (non-hydrogen) atoms. The zero-order valence-electron chi connectivity index (χ0n) is 31.4. The maximum atomic E-state index is 15.5. The second kappa shape index (κ2) is 16.4. The first-order valence-corrected chi connectivity index (χ1v) is 18.9. The van der Waals surface area contributed by atoms with Crippen molar-refractivity contribution >= 4 is 29.0 Å². The monoisotopic (exact) mass is 780 g/mol. The van der Waals surface area contributed by atoms with Crippen LogP contribution >= 0.6 is 0 Å². The molecule has 0 bridgehead atoms. The lowest BCUT2D eigenvalue weighted by Crippen LogP contribution is -2.46. The highest BCUT2D eigenvalue weighted by Gasteiger charge is 2.40. The minimum atomic E-state index is -4.91. The van der Waals surface area contributed by atoms with Crippen LogP contribution in [-0.4, -0.2) is 42.7 Å². The van der Waals surface area contributed by atoms with Gasteiger partial charge in [-0.05, 0) is 120 Å². The third-order valence-corrected chi connectivity index (χ3v) is 10.4. The molecular formula is C40H44F4N6O4S. The van der Waals surface area contributed by atoms with Crippen LogP contribution in [0, 0.1) is 23.1 Å². The van der Waals surface area contributed by atoms with E-state index in [1.807, 2.05) is 26.8 Å². The third kappa shape index (κ3) is 11.1. The fourth-order valence-corrected chi connectivity index (χ4v) is 6.82. The van der Waals surface area contributed by atoms with E-state index in [1.165, 1.54) is 30.3 Å². The van der Waals surface area contributed by atoms with Crippen LogP contribution in [0.2, 0.25) is 0 Å². The predicted octanol–water partition coefficient (Wildman–Crippen LogP) is 8.53. The van der Waals surface area contributed by atoms with Gasteiger partial charge in [0.2, 0.25) is 0 Å². The van der Waals surface area contributed by atoms with E-state index in [4.69, 9.17) is 4.74 Å². The number of alkyl halides is 3. The molecule has 1 saturated carbocycles. The number of halogens is 4. The summed E-state index contributed by atoms with van der Waals surface area (Å²) in [5.41, 5.74) is -0.606. The summed E-state index contributed by atoms with van der Waals surface area (Å²) >= 11 is -1.38. The van der Waals surface area contributed by atoms with Gasteiger partial charge >= 0.3 is 12.3 Å². The Balaban J connectivity index is 1.47. The van der Waals surface area contributed by atoms with Crippen LogP contribution < -0.4 is 15.4 Å². The Morgan fingerprint density at radius 1 is 1.00 bits per heavy atom. The lowest BCUT2D eigenvalue weighted by molar-refractivity contribution is -0.141. The quantitative estimate of drug-likeness (QED) is 0.0966. The summed E-state index contributed by atoms with van der Waals surface area (Å²) in [6, 6.07) is 19.7. The number of nitrogens with one attached hydrogen (secondary N) is 3. The predicted molar refractivity (Wildman–Crippen MR) is 201 cm³/mol. The molecule has 1 aromatic heterocycles. The number of aromatic nitrogens is 2. The molecule has 292 valence electrons.